The number of para-hydroxylation sites is 2. The van der Waals surface area contributed by atoms with Crippen molar-refractivity contribution in [3.63, 3.8) is 0 Å². The van der Waals surface area contributed by atoms with Gasteiger partial charge < -0.3 is 10.6 Å². The minimum Gasteiger partial charge on any atom is -0.370 e. The van der Waals surface area contributed by atoms with Crippen molar-refractivity contribution < 1.29 is 4.79 Å². The predicted molar refractivity (Wildman–Crippen MR) is 98.2 cm³/mol. The van der Waals surface area contributed by atoms with Crippen molar-refractivity contribution in [2.75, 3.05) is 17.3 Å². The summed E-state index contributed by atoms with van der Waals surface area (Å²) in [5.74, 6) is -0.0368. The number of amides is 1. The highest BCUT2D eigenvalue weighted by Crippen LogP contribution is 2.46. The van der Waals surface area contributed by atoms with Crippen LogP contribution in [0.3, 0.4) is 0 Å². The summed E-state index contributed by atoms with van der Waals surface area (Å²) in [6, 6.07) is 14.4. The van der Waals surface area contributed by atoms with E-state index in [0.717, 1.165) is 5.69 Å². The number of nitrogens with two attached hydrogens (primary N) is 1. The standard InChI is InChI=1S/C18H14N6O2/c1-23-13-9-5-3-7-11(13)18(15(23)26)22-16(19)21-17-20-14(25)10-6-2-4-8-12(10)24(17)18/h2-9H,1H3,(H3,19,20,21,22,25). The zero-order chi connectivity index (χ0) is 18.1. The quantitative estimate of drug-likeness (QED) is 0.627. The van der Waals surface area contributed by atoms with E-state index in [1.165, 1.54) is 0 Å². The van der Waals surface area contributed by atoms with Crippen molar-refractivity contribution in [3.8, 4) is 0 Å². The molecule has 1 unspecified atom stereocenters. The number of rotatable bonds is 0. The van der Waals surface area contributed by atoms with Gasteiger partial charge in [0.2, 0.25) is 11.6 Å². The Hall–Kier alpha value is -3.68. The lowest BCUT2D eigenvalue weighted by Gasteiger charge is -2.34. The average molecular weight is 346 g/mol. The van der Waals surface area contributed by atoms with E-state index in [0.29, 0.717) is 16.5 Å². The molecule has 26 heavy (non-hydrogen) atoms. The molecule has 128 valence electrons. The molecule has 5 rings (SSSR count). The second-order valence-electron chi connectivity index (χ2n) is 6.27. The van der Waals surface area contributed by atoms with Gasteiger partial charge in [-0.3, -0.25) is 19.5 Å². The maximum absolute atomic E-state index is 13.4. The van der Waals surface area contributed by atoms with E-state index in [-0.39, 0.29) is 17.8 Å². The van der Waals surface area contributed by atoms with Crippen LogP contribution >= 0.6 is 0 Å². The van der Waals surface area contributed by atoms with Crippen LogP contribution < -0.4 is 21.5 Å². The largest absolute Gasteiger partial charge is 0.370 e. The van der Waals surface area contributed by atoms with E-state index in [1.54, 1.807) is 40.8 Å². The number of fused-ring (bicyclic) bond motifs is 6. The Bertz CT molecular complexity index is 1200. The molecule has 0 bridgehead atoms. The Balaban J connectivity index is 2.00. The Kier molecular flexibility index (Phi) is 2.64. The highest BCUT2D eigenvalue weighted by Gasteiger charge is 2.54. The molecule has 3 aromatic rings. The van der Waals surface area contributed by atoms with E-state index >= 15 is 0 Å². The summed E-state index contributed by atoms with van der Waals surface area (Å²) in [5.41, 5.74) is 6.14. The molecule has 1 atom stereocenters. The molecular formula is C18H14N6O2. The van der Waals surface area contributed by atoms with E-state index in [1.807, 2.05) is 24.3 Å². The Morgan fingerprint density at radius 3 is 2.65 bits per heavy atom. The molecular weight excluding hydrogens is 332 g/mol. The molecule has 2 aliphatic rings. The van der Waals surface area contributed by atoms with Crippen molar-refractivity contribution in [1.82, 2.24) is 9.55 Å². The van der Waals surface area contributed by atoms with Crippen LogP contribution in [0.15, 0.2) is 58.3 Å². The van der Waals surface area contributed by atoms with E-state index < -0.39 is 11.2 Å². The van der Waals surface area contributed by atoms with Gasteiger partial charge in [-0.05, 0) is 18.2 Å². The third kappa shape index (κ3) is 1.58. The summed E-state index contributed by atoms with van der Waals surface area (Å²) >= 11 is 0. The highest BCUT2D eigenvalue weighted by atomic mass is 16.2. The lowest BCUT2D eigenvalue weighted by atomic mass is 9.99. The van der Waals surface area contributed by atoms with Crippen LogP contribution in [0.4, 0.5) is 11.6 Å². The Morgan fingerprint density at radius 2 is 1.81 bits per heavy atom. The summed E-state index contributed by atoms with van der Waals surface area (Å²) in [7, 11) is 1.70. The number of likely N-dealkylation sites (N-methyl/N-ethyl adjacent to an activating group) is 1. The number of guanidine groups is 1. The van der Waals surface area contributed by atoms with Gasteiger partial charge in [0, 0.05) is 12.6 Å². The molecule has 1 aromatic heterocycles. The number of carbonyl (C=O) groups excluding carboxylic acids is 1. The van der Waals surface area contributed by atoms with Gasteiger partial charge in [-0.25, -0.2) is 4.99 Å². The summed E-state index contributed by atoms with van der Waals surface area (Å²) in [6.45, 7) is 0. The number of hydrogen-bond donors (Lipinski definition) is 2. The van der Waals surface area contributed by atoms with E-state index in [9.17, 15) is 9.59 Å². The third-order valence-electron chi connectivity index (χ3n) is 4.88. The fourth-order valence-electron chi connectivity index (χ4n) is 3.79. The monoisotopic (exact) mass is 346 g/mol. The normalized spacial score (nSPS) is 20.7. The van der Waals surface area contributed by atoms with Crippen LogP contribution in [-0.4, -0.2) is 28.5 Å². The molecule has 1 amide bonds. The molecule has 0 aliphatic carbocycles. The van der Waals surface area contributed by atoms with Crippen molar-refractivity contribution in [2.45, 2.75) is 5.66 Å². The molecule has 3 heterocycles. The summed E-state index contributed by atoms with van der Waals surface area (Å²) in [4.78, 5) is 36.0. The predicted octanol–water partition coefficient (Wildman–Crippen LogP) is 0.814. The third-order valence-corrected chi connectivity index (χ3v) is 4.88. The van der Waals surface area contributed by atoms with Gasteiger partial charge in [0.15, 0.2) is 5.96 Å². The number of aromatic nitrogens is 2. The fraction of sp³-hybridized carbons (Fsp3) is 0.111. The van der Waals surface area contributed by atoms with E-state index in [2.05, 4.69) is 15.3 Å². The number of carbonyl (C=O) groups is 1. The first-order valence-electron chi connectivity index (χ1n) is 8.06. The molecule has 2 aromatic carbocycles. The topological polar surface area (TPSA) is 106 Å². The number of aliphatic imine (C=N–C) groups is 1. The summed E-state index contributed by atoms with van der Waals surface area (Å²) in [6.07, 6.45) is 0. The van der Waals surface area contributed by atoms with Gasteiger partial charge in [0.25, 0.3) is 11.5 Å². The van der Waals surface area contributed by atoms with Crippen molar-refractivity contribution >= 4 is 34.4 Å². The molecule has 3 N–H and O–H groups in total. The van der Waals surface area contributed by atoms with E-state index in [4.69, 9.17) is 5.73 Å². The smallest absolute Gasteiger partial charge is 0.282 e. The molecule has 8 heteroatoms. The van der Waals surface area contributed by atoms with Crippen molar-refractivity contribution in [2.24, 2.45) is 10.7 Å². The first kappa shape index (κ1) is 14.6. The highest BCUT2D eigenvalue weighted by molar-refractivity contribution is 6.11. The van der Waals surface area contributed by atoms with Gasteiger partial charge in [0.05, 0.1) is 16.6 Å². The maximum Gasteiger partial charge on any atom is 0.282 e. The lowest BCUT2D eigenvalue weighted by Crippen LogP contribution is -2.50. The summed E-state index contributed by atoms with van der Waals surface area (Å²) in [5, 5.41) is 3.23. The van der Waals surface area contributed by atoms with Gasteiger partial charge in [-0.2, -0.15) is 4.98 Å². The molecule has 0 radical (unpaired) electrons. The number of nitrogens with one attached hydrogen (secondary N) is 1. The first-order chi connectivity index (χ1) is 12.5. The molecule has 0 saturated carbocycles. The number of nitrogens with zero attached hydrogens (tertiary/aromatic N) is 4. The van der Waals surface area contributed by atoms with Crippen LogP contribution in [0.2, 0.25) is 0 Å². The first-order valence-corrected chi connectivity index (χ1v) is 8.06. The van der Waals surface area contributed by atoms with Crippen LogP contribution in [0.1, 0.15) is 5.56 Å². The zero-order valence-electron chi connectivity index (χ0n) is 13.8. The zero-order valence-corrected chi connectivity index (χ0v) is 13.8. The Labute approximate surface area is 147 Å². The fourth-order valence-corrected chi connectivity index (χ4v) is 3.79. The lowest BCUT2D eigenvalue weighted by molar-refractivity contribution is -0.123. The second kappa shape index (κ2) is 4.69. The van der Waals surface area contributed by atoms with Crippen LogP contribution in [-0.2, 0) is 10.5 Å². The molecule has 0 fully saturated rings. The van der Waals surface area contributed by atoms with Crippen LogP contribution in [0.25, 0.3) is 10.9 Å². The van der Waals surface area contributed by atoms with Gasteiger partial charge in [-0.1, -0.05) is 30.3 Å². The second-order valence-corrected chi connectivity index (χ2v) is 6.27. The molecule has 8 nitrogen and oxygen atoms in total. The SMILES string of the molecule is CN1C(=O)C2(N=C(N)Nc3nc(=O)c4ccccc4n32)c2ccccc21. The van der Waals surface area contributed by atoms with Crippen molar-refractivity contribution in [1.29, 1.82) is 0 Å². The summed E-state index contributed by atoms with van der Waals surface area (Å²) < 4.78 is 1.66. The number of benzene rings is 2. The molecule has 0 saturated heterocycles. The van der Waals surface area contributed by atoms with Crippen LogP contribution in [0, 0.1) is 0 Å². The van der Waals surface area contributed by atoms with Gasteiger partial charge >= 0.3 is 0 Å². The minimum atomic E-state index is -1.43. The molecule has 1 spiro atoms. The van der Waals surface area contributed by atoms with Crippen LogP contribution in [0.5, 0.6) is 0 Å². The average Bonchev–Trinajstić information content (AvgIpc) is 2.84. The maximum atomic E-state index is 13.4. The van der Waals surface area contributed by atoms with Gasteiger partial charge in [-0.15, -0.1) is 0 Å². The number of anilines is 2. The number of hydrogen-bond acceptors (Lipinski definition) is 6. The minimum absolute atomic E-state index is 0.0330. The van der Waals surface area contributed by atoms with Crippen molar-refractivity contribution in [3.05, 3.63) is 64.4 Å². The molecule has 2 aliphatic heterocycles. The van der Waals surface area contributed by atoms with Gasteiger partial charge in [0.1, 0.15) is 0 Å². The Morgan fingerprint density at radius 1 is 1.08 bits per heavy atom.